The Balaban J connectivity index is 2.12. The number of fused-ring (bicyclic) bond motifs is 3. The maximum absolute atomic E-state index is 5.72. The highest BCUT2D eigenvalue weighted by molar-refractivity contribution is 6.12. The van der Waals surface area contributed by atoms with Gasteiger partial charge in [-0.3, -0.25) is 0 Å². The molecule has 0 amide bonds. The number of aryl methyl sites for hydroxylation is 2. The number of hydrogen-bond donors (Lipinski definition) is 0. The van der Waals surface area contributed by atoms with E-state index in [-0.39, 0.29) is 0 Å². The molecule has 0 saturated heterocycles. The van der Waals surface area contributed by atoms with Crippen LogP contribution in [0.2, 0.25) is 0 Å². The molecule has 2 nitrogen and oxygen atoms in total. The Bertz CT molecular complexity index is 1030. The highest BCUT2D eigenvalue weighted by Gasteiger charge is 2.17. The molecule has 0 bridgehead atoms. The van der Waals surface area contributed by atoms with Gasteiger partial charge in [0.05, 0.1) is 12.6 Å². The van der Waals surface area contributed by atoms with Crippen molar-refractivity contribution in [1.29, 1.82) is 0 Å². The lowest BCUT2D eigenvalue weighted by atomic mass is 10.0. The summed E-state index contributed by atoms with van der Waals surface area (Å²) in [5.41, 5.74) is 6.41. The maximum Gasteiger partial charge on any atom is 0.129 e. The summed E-state index contributed by atoms with van der Waals surface area (Å²) < 4.78 is 8.14. The zero-order valence-electron chi connectivity index (χ0n) is 14.3. The third-order valence-corrected chi connectivity index (χ3v) is 4.92. The van der Waals surface area contributed by atoms with Gasteiger partial charge in [-0.15, -0.1) is 0 Å². The molecule has 1 aromatic heterocycles. The smallest absolute Gasteiger partial charge is 0.129 e. The monoisotopic (exact) mass is 315 g/mol. The number of methoxy groups -OCH3 is 1. The molecule has 0 atom stereocenters. The Labute approximate surface area is 142 Å². The molecule has 4 rings (SSSR count). The van der Waals surface area contributed by atoms with Crippen LogP contribution in [0.4, 0.5) is 0 Å². The van der Waals surface area contributed by atoms with Crippen molar-refractivity contribution in [3.05, 3.63) is 77.4 Å². The second-order valence-electron chi connectivity index (χ2n) is 6.33. The summed E-state index contributed by atoms with van der Waals surface area (Å²) in [5.74, 6) is 0.955. The van der Waals surface area contributed by atoms with Crippen molar-refractivity contribution in [1.82, 2.24) is 4.57 Å². The number of nitrogens with zero attached hydrogens (tertiary/aromatic N) is 1. The Kier molecular flexibility index (Phi) is 3.53. The molecule has 0 spiro atoms. The van der Waals surface area contributed by atoms with Crippen LogP contribution in [-0.4, -0.2) is 11.7 Å². The van der Waals surface area contributed by atoms with Gasteiger partial charge < -0.3 is 9.30 Å². The predicted molar refractivity (Wildman–Crippen MR) is 101 cm³/mol. The van der Waals surface area contributed by atoms with Crippen LogP contribution in [0.5, 0.6) is 5.75 Å². The van der Waals surface area contributed by atoms with Crippen molar-refractivity contribution in [2.45, 2.75) is 20.4 Å². The minimum atomic E-state index is 0.859. The summed E-state index contributed by atoms with van der Waals surface area (Å²) in [5, 5.41) is 2.47. The number of para-hydroxylation sites is 1. The number of benzene rings is 3. The molecule has 0 aliphatic rings. The molecule has 0 N–H and O–H groups in total. The summed E-state index contributed by atoms with van der Waals surface area (Å²) in [6.45, 7) is 5.22. The lowest BCUT2D eigenvalue weighted by Crippen LogP contribution is -2.01. The summed E-state index contributed by atoms with van der Waals surface area (Å²) in [7, 11) is 1.76. The van der Waals surface area contributed by atoms with Gasteiger partial charge in [0.2, 0.25) is 0 Å². The molecule has 4 aromatic rings. The van der Waals surface area contributed by atoms with E-state index in [0.29, 0.717) is 0 Å². The third kappa shape index (κ3) is 2.18. The first-order valence-corrected chi connectivity index (χ1v) is 8.29. The largest absolute Gasteiger partial charge is 0.496 e. The van der Waals surface area contributed by atoms with E-state index in [9.17, 15) is 0 Å². The lowest BCUT2D eigenvalue weighted by molar-refractivity contribution is 0.419. The van der Waals surface area contributed by atoms with Crippen LogP contribution >= 0.6 is 0 Å². The predicted octanol–water partition coefficient (Wildman–Crippen LogP) is 5.47. The maximum atomic E-state index is 5.72. The fourth-order valence-corrected chi connectivity index (χ4v) is 3.60. The van der Waals surface area contributed by atoms with Crippen molar-refractivity contribution in [3.63, 3.8) is 0 Å². The molecule has 0 unspecified atom stereocenters. The van der Waals surface area contributed by atoms with Crippen LogP contribution in [0, 0.1) is 13.8 Å². The number of ether oxygens (including phenoxy) is 1. The second-order valence-corrected chi connectivity index (χ2v) is 6.33. The normalized spacial score (nSPS) is 11.3. The third-order valence-electron chi connectivity index (χ3n) is 4.92. The molecule has 0 aliphatic carbocycles. The number of rotatable bonds is 3. The van der Waals surface area contributed by atoms with E-state index in [4.69, 9.17) is 4.74 Å². The van der Waals surface area contributed by atoms with E-state index < -0.39 is 0 Å². The second kappa shape index (κ2) is 5.72. The Morgan fingerprint density at radius 3 is 2.38 bits per heavy atom. The van der Waals surface area contributed by atoms with Crippen molar-refractivity contribution in [2.75, 3.05) is 7.11 Å². The van der Waals surface area contributed by atoms with Crippen LogP contribution in [0.3, 0.4) is 0 Å². The molecule has 24 heavy (non-hydrogen) atoms. The summed E-state index contributed by atoms with van der Waals surface area (Å²) in [6.07, 6.45) is 0. The Morgan fingerprint density at radius 2 is 1.62 bits per heavy atom. The van der Waals surface area contributed by atoms with Crippen molar-refractivity contribution in [3.8, 4) is 5.75 Å². The van der Waals surface area contributed by atoms with Crippen LogP contribution in [0.1, 0.15) is 16.7 Å². The van der Waals surface area contributed by atoms with Gasteiger partial charge in [-0.1, -0.05) is 48.5 Å². The molecule has 120 valence electrons. The van der Waals surface area contributed by atoms with Gasteiger partial charge in [0.15, 0.2) is 0 Å². The molecule has 0 fully saturated rings. The molecule has 3 aromatic carbocycles. The Hall–Kier alpha value is -2.74. The van der Waals surface area contributed by atoms with Gasteiger partial charge in [0.25, 0.3) is 0 Å². The zero-order valence-corrected chi connectivity index (χ0v) is 14.3. The van der Waals surface area contributed by atoms with E-state index >= 15 is 0 Å². The molecule has 0 aliphatic heterocycles. The minimum absolute atomic E-state index is 0.859. The zero-order chi connectivity index (χ0) is 16.7. The average molecular weight is 315 g/mol. The van der Waals surface area contributed by atoms with Crippen LogP contribution in [0.15, 0.2) is 60.7 Å². The van der Waals surface area contributed by atoms with Crippen LogP contribution < -0.4 is 4.74 Å². The van der Waals surface area contributed by atoms with E-state index in [1.54, 1.807) is 7.11 Å². The van der Waals surface area contributed by atoms with Crippen molar-refractivity contribution >= 4 is 21.8 Å². The molecule has 0 saturated carbocycles. The SMILES string of the molecule is COc1cc(C)c(C)c2c1c1ccccc1n2Cc1ccccc1. The van der Waals surface area contributed by atoms with Gasteiger partial charge in [-0.25, -0.2) is 0 Å². The van der Waals surface area contributed by atoms with Crippen molar-refractivity contribution < 1.29 is 4.74 Å². The minimum Gasteiger partial charge on any atom is -0.496 e. The molecule has 2 heteroatoms. The standard InChI is InChI=1S/C22H21NO/c1-15-13-20(24-3)21-18-11-7-8-12-19(18)23(22(21)16(15)2)14-17-9-5-4-6-10-17/h4-13H,14H2,1-3H3. The van der Waals surface area contributed by atoms with E-state index in [2.05, 4.69) is 79.1 Å². The highest BCUT2D eigenvalue weighted by atomic mass is 16.5. The highest BCUT2D eigenvalue weighted by Crippen LogP contribution is 2.39. The molecular weight excluding hydrogens is 294 g/mol. The number of hydrogen-bond acceptors (Lipinski definition) is 1. The fraction of sp³-hybridized carbons (Fsp3) is 0.182. The van der Waals surface area contributed by atoms with Gasteiger partial charge in [0.1, 0.15) is 5.75 Å². The molecule has 1 heterocycles. The van der Waals surface area contributed by atoms with Gasteiger partial charge >= 0.3 is 0 Å². The first-order chi connectivity index (χ1) is 11.7. The summed E-state index contributed by atoms with van der Waals surface area (Å²) in [6, 6.07) is 21.4. The first kappa shape index (κ1) is 14.8. The molecule has 0 radical (unpaired) electrons. The quantitative estimate of drug-likeness (QED) is 0.489. The van der Waals surface area contributed by atoms with E-state index in [1.807, 2.05) is 0 Å². The summed E-state index contributed by atoms with van der Waals surface area (Å²) >= 11 is 0. The van der Waals surface area contributed by atoms with Crippen LogP contribution in [0.25, 0.3) is 21.8 Å². The van der Waals surface area contributed by atoms with Crippen LogP contribution in [-0.2, 0) is 6.54 Å². The van der Waals surface area contributed by atoms with Gasteiger partial charge in [-0.2, -0.15) is 0 Å². The topological polar surface area (TPSA) is 14.2 Å². The molecular formula is C22H21NO. The number of aromatic nitrogens is 1. The fourth-order valence-electron chi connectivity index (χ4n) is 3.60. The average Bonchev–Trinajstić information content (AvgIpc) is 2.94. The van der Waals surface area contributed by atoms with Gasteiger partial charge in [-0.05, 0) is 42.7 Å². The first-order valence-electron chi connectivity index (χ1n) is 8.29. The van der Waals surface area contributed by atoms with Crippen molar-refractivity contribution in [2.24, 2.45) is 0 Å². The van der Waals surface area contributed by atoms with Gasteiger partial charge in [0, 0.05) is 22.8 Å². The summed E-state index contributed by atoms with van der Waals surface area (Å²) in [4.78, 5) is 0. The van der Waals surface area contributed by atoms with E-state index in [1.165, 1.54) is 38.5 Å². The Morgan fingerprint density at radius 1 is 0.917 bits per heavy atom. The van der Waals surface area contributed by atoms with E-state index in [0.717, 1.165) is 12.3 Å². The lowest BCUT2D eigenvalue weighted by Gasteiger charge is -2.12.